The van der Waals surface area contributed by atoms with Gasteiger partial charge in [0.05, 0.1) is 0 Å². The van der Waals surface area contributed by atoms with E-state index in [0.717, 1.165) is 0 Å². The third-order valence-corrected chi connectivity index (χ3v) is 18.6. The molecule has 0 aliphatic carbocycles. The van der Waals surface area contributed by atoms with Crippen molar-refractivity contribution in [3.8, 4) is 22.3 Å². The maximum Gasteiger partial charge on any atom is 0.0157 e. The molecule has 9 aromatic rings. The predicted molar refractivity (Wildman–Crippen MR) is 289 cm³/mol. The molecule has 0 bridgehead atoms. The van der Waals surface area contributed by atoms with Crippen molar-refractivity contribution in [2.75, 3.05) is 0 Å². The van der Waals surface area contributed by atoms with Gasteiger partial charge in [-0.2, -0.15) is 0 Å². The normalized spacial score (nSPS) is 11.2. The molecule has 0 radical (unpaired) electrons. The first-order valence-electron chi connectivity index (χ1n) is 22.0. The summed E-state index contributed by atoms with van der Waals surface area (Å²) in [5.41, 5.74) is 12.9. The van der Waals surface area contributed by atoms with E-state index in [2.05, 4.69) is 236 Å². The highest BCUT2D eigenvalue weighted by atomic mass is 32.2. The minimum Gasteiger partial charge on any atom is -0.0898 e. The van der Waals surface area contributed by atoms with Crippen molar-refractivity contribution in [3.63, 3.8) is 0 Å². The predicted octanol–water partition coefficient (Wildman–Crippen LogP) is 19.8. The molecule has 326 valence electrons. The lowest BCUT2D eigenvalue weighted by Crippen LogP contribution is -1.88. The Bertz CT molecular complexity index is 2920. The van der Waals surface area contributed by atoms with Gasteiger partial charge in [-0.25, -0.2) is 0 Å². The lowest BCUT2D eigenvalue weighted by Gasteiger charge is -2.14. The standard InChI is InChI=1S/C60H50S6/c1-39-13-7-9-17-55(39)61-47-25-21-45(22-26-47)53-15-11-19-59(43(53)5)65-51-33-35-57(41(3)37-51)63-49-29-31-50(32-30-49)64-58-36-34-52(38-42(58)4)66-60-20-12-16-54(44(60)6)46-23-27-48(28-24-46)62-56-18-10-8-14-40(56)2/h7-38H,1-6H3. The van der Waals surface area contributed by atoms with Crippen LogP contribution in [0, 0.1) is 41.5 Å². The van der Waals surface area contributed by atoms with Gasteiger partial charge in [-0.3, -0.25) is 0 Å². The van der Waals surface area contributed by atoms with Crippen LogP contribution in [0.5, 0.6) is 0 Å². The second kappa shape index (κ2) is 21.4. The van der Waals surface area contributed by atoms with Gasteiger partial charge in [-0.15, -0.1) is 0 Å². The molecule has 0 atom stereocenters. The lowest BCUT2D eigenvalue weighted by atomic mass is 10.0. The molecule has 0 aliphatic rings. The molecule has 9 rings (SSSR count). The topological polar surface area (TPSA) is 0 Å². The van der Waals surface area contributed by atoms with Crippen LogP contribution < -0.4 is 0 Å². The molecule has 0 aliphatic heterocycles. The Morgan fingerprint density at radius 2 is 0.515 bits per heavy atom. The zero-order valence-electron chi connectivity index (χ0n) is 37.9. The summed E-state index contributed by atoms with van der Waals surface area (Å²) in [7, 11) is 0. The Morgan fingerprint density at radius 3 is 0.864 bits per heavy atom. The van der Waals surface area contributed by atoms with E-state index in [0.29, 0.717) is 0 Å². The summed E-state index contributed by atoms with van der Waals surface area (Å²) in [4.78, 5) is 15.3. The van der Waals surface area contributed by atoms with Gasteiger partial charge in [0.15, 0.2) is 0 Å². The molecule has 0 spiro atoms. The van der Waals surface area contributed by atoms with Crippen LogP contribution in [0.15, 0.2) is 253 Å². The van der Waals surface area contributed by atoms with Gasteiger partial charge in [0.1, 0.15) is 0 Å². The van der Waals surface area contributed by atoms with Gasteiger partial charge >= 0.3 is 0 Å². The molecule has 9 aromatic carbocycles. The molecule has 0 N–H and O–H groups in total. The highest BCUT2D eigenvalue weighted by Crippen LogP contribution is 2.42. The van der Waals surface area contributed by atoms with Crippen molar-refractivity contribution in [2.45, 2.75) is 100 Å². The quantitative estimate of drug-likeness (QED) is 0.106. The fourth-order valence-corrected chi connectivity index (χ4v) is 13.4. The number of hydrogen-bond donors (Lipinski definition) is 0. The Kier molecular flexibility index (Phi) is 15.0. The minimum absolute atomic E-state index is 1.24. The van der Waals surface area contributed by atoms with E-state index in [-0.39, 0.29) is 0 Å². The Morgan fingerprint density at radius 1 is 0.227 bits per heavy atom. The molecule has 0 aromatic heterocycles. The van der Waals surface area contributed by atoms with Gasteiger partial charge in [0, 0.05) is 58.7 Å². The van der Waals surface area contributed by atoms with Crippen LogP contribution in [0.3, 0.4) is 0 Å². The molecular weight excluding hydrogens is 913 g/mol. The Labute approximate surface area is 417 Å². The highest BCUT2D eigenvalue weighted by Gasteiger charge is 2.13. The number of aryl methyl sites for hydroxylation is 4. The average molecular weight is 963 g/mol. The first-order valence-corrected chi connectivity index (χ1v) is 26.9. The summed E-state index contributed by atoms with van der Waals surface area (Å²) in [5, 5.41) is 0. The number of rotatable bonds is 14. The first-order chi connectivity index (χ1) is 32.1. The maximum absolute atomic E-state index is 2.33. The van der Waals surface area contributed by atoms with Crippen LogP contribution >= 0.6 is 70.6 Å². The molecule has 0 nitrogen and oxygen atoms in total. The van der Waals surface area contributed by atoms with Crippen LogP contribution in [-0.4, -0.2) is 0 Å². The summed E-state index contributed by atoms with van der Waals surface area (Å²) in [5.74, 6) is 0. The smallest absolute Gasteiger partial charge is 0.0157 e. The molecule has 66 heavy (non-hydrogen) atoms. The van der Waals surface area contributed by atoms with E-state index in [1.807, 2.05) is 70.6 Å². The summed E-state index contributed by atoms with van der Waals surface area (Å²) in [6.07, 6.45) is 0. The van der Waals surface area contributed by atoms with Crippen LogP contribution in [0.4, 0.5) is 0 Å². The van der Waals surface area contributed by atoms with Crippen LogP contribution in [0.25, 0.3) is 22.3 Å². The lowest BCUT2D eigenvalue weighted by molar-refractivity contribution is 1.22. The molecule has 0 fully saturated rings. The van der Waals surface area contributed by atoms with Gasteiger partial charge in [-0.1, -0.05) is 156 Å². The maximum atomic E-state index is 2.33. The molecule has 6 heteroatoms. The summed E-state index contributed by atoms with van der Waals surface area (Å²) < 4.78 is 0. The van der Waals surface area contributed by atoms with E-state index in [1.165, 1.54) is 114 Å². The van der Waals surface area contributed by atoms with E-state index < -0.39 is 0 Å². The largest absolute Gasteiger partial charge is 0.0898 e. The fourth-order valence-electron chi connectivity index (χ4n) is 7.76. The van der Waals surface area contributed by atoms with E-state index in [4.69, 9.17) is 0 Å². The third-order valence-electron chi connectivity index (χ3n) is 11.6. The van der Waals surface area contributed by atoms with Crippen molar-refractivity contribution in [1.82, 2.24) is 0 Å². The summed E-state index contributed by atoms with van der Waals surface area (Å²) in [6.45, 7) is 13.3. The first kappa shape index (κ1) is 46.2. The van der Waals surface area contributed by atoms with Crippen molar-refractivity contribution >= 4 is 70.6 Å². The van der Waals surface area contributed by atoms with E-state index >= 15 is 0 Å². The number of hydrogen-bond acceptors (Lipinski definition) is 6. The van der Waals surface area contributed by atoms with Crippen LogP contribution in [0.2, 0.25) is 0 Å². The second-order valence-electron chi connectivity index (χ2n) is 16.4. The van der Waals surface area contributed by atoms with Gasteiger partial charge < -0.3 is 0 Å². The highest BCUT2D eigenvalue weighted by molar-refractivity contribution is 8.00. The zero-order valence-corrected chi connectivity index (χ0v) is 42.8. The number of benzene rings is 9. The molecule has 0 heterocycles. The fraction of sp³-hybridized carbons (Fsp3) is 0.100. The van der Waals surface area contributed by atoms with Crippen molar-refractivity contribution in [3.05, 3.63) is 228 Å². The van der Waals surface area contributed by atoms with Crippen LogP contribution in [0.1, 0.15) is 33.4 Å². The molecule has 0 saturated carbocycles. The summed E-state index contributed by atoms with van der Waals surface area (Å²) in [6, 6.07) is 71.2. The van der Waals surface area contributed by atoms with Crippen molar-refractivity contribution < 1.29 is 0 Å². The van der Waals surface area contributed by atoms with E-state index in [9.17, 15) is 0 Å². The molecule has 0 unspecified atom stereocenters. The second-order valence-corrected chi connectivity index (χ2v) is 23.1. The Hall–Kier alpha value is -4.92. The molecule has 0 saturated heterocycles. The third kappa shape index (κ3) is 11.3. The van der Waals surface area contributed by atoms with Gasteiger partial charge in [-0.05, 0) is 206 Å². The van der Waals surface area contributed by atoms with Crippen molar-refractivity contribution in [2.24, 2.45) is 0 Å². The average Bonchev–Trinajstić information content (AvgIpc) is 3.32. The van der Waals surface area contributed by atoms with Crippen LogP contribution in [-0.2, 0) is 0 Å². The monoisotopic (exact) mass is 962 g/mol. The van der Waals surface area contributed by atoms with E-state index in [1.54, 1.807) is 0 Å². The zero-order chi connectivity index (χ0) is 45.6. The minimum atomic E-state index is 1.24. The van der Waals surface area contributed by atoms with Crippen molar-refractivity contribution in [1.29, 1.82) is 0 Å². The molecular formula is C60H50S6. The molecule has 0 amide bonds. The van der Waals surface area contributed by atoms with Gasteiger partial charge in [0.25, 0.3) is 0 Å². The summed E-state index contributed by atoms with van der Waals surface area (Å²) >= 11 is 11.0. The SMILES string of the molecule is Cc1ccccc1Sc1ccc(-c2cccc(Sc3ccc(Sc4ccc(Sc5ccc(Sc6cccc(-c7ccc(Sc8ccccc8C)cc7)c6C)cc5C)cc4)c(C)c3)c2C)cc1. The van der Waals surface area contributed by atoms with Gasteiger partial charge in [0.2, 0.25) is 0 Å². The Balaban J connectivity index is 0.798.